The number of hydrogen-bond acceptors (Lipinski definition) is 3. The molecule has 116 valence electrons. The van der Waals surface area contributed by atoms with Crippen LogP contribution in [-0.2, 0) is 11.3 Å². The molecule has 4 nitrogen and oxygen atoms in total. The first kappa shape index (κ1) is 15.8. The molecular weight excluding hydrogens is 264 g/mol. The molecule has 0 radical (unpaired) electrons. The first-order valence-electron chi connectivity index (χ1n) is 7.71. The molecule has 0 saturated carbocycles. The van der Waals surface area contributed by atoms with E-state index in [9.17, 15) is 4.79 Å². The normalized spacial score (nSPS) is 22.1. The molecule has 1 aliphatic heterocycles. The SMILES string of the molecule is CCOc1ccc(CN(C)CN2C(=O)C[C@H](C)[C@H]2C)cc1. The summed E-state index contributed by atoms with van der Waals surface area (Å²) in [4.78, 5) is 16.2. The molecule has 1 amide bonds. The first-order chi connectivity index (χ1) is 10.0. The summed E-state index contributed by atoms with van der Waals surface area (Å²) in [6, 6.07) is 8.50. The van der Waals surface area contributed by atoms with Gasteiger partial charge < -0.3 is 9.64 Å². The molecule has 0 spiro atoms. The van der Waals surface area contributed by atoms with E-state index in [0.29, 0.717) is 31.7 Å². The summed E-state index contributed by atoms with van der Waals surface area (Å²) in [5, 5.41) is 0. The molecule has 4 heteroatoms. The summed E-state index contributed by atoms with van der Waals surface area (Å²) in [7, 11) is 2.06. The van der Waals surface area contributed by atoms with Crippen molar-refractivity contribution in [2.75, 3.05) is 20.3 Å². The van der Waals surface area contributed by atoms with Crippen LogP contribution >= 0.6 is 0 Å². The minimum absolute atomic E-state index is 0.272. The largest absolute Gasteiger partial charge is 0.494 e. The number of benzene rings is 1. The molecule has 0 aromatic heterocycles. The van der Waals surface area contributed by atoms with Gasteiger partial charge in [0, 0.05) is 19.0 Å². The number of nitrogens with zero attached hydrogens (tertiary/aromatic N) is 2. The zero-order valence-electron chi connectivity index (χ0n) is 13.5. The third-order valence-electron chi connectivity index (χ3n) is 4.21. The van der Waals surface area contributed by atoms with E-state index in [1.165, 1.54) is 5.56 Å². The second-order valence-corrected chi connectivity index (χ2v) is 6.02. The van der Waals surface area contributed by atoms with Crippen LogP contribution in [0.15, 0.2) is 24.3 Å². The van der Waals surface area contributed by atoms with E-state index in [-0.39, 0.29) is 5.91 Å². The molecule has 1 fully saturated rings. The van der Waals surface area contributed by atoms with Gasteiger partial charge in [0.2, 0.25) is 5.91 Å². The zero-order valence-corrected chi connectivity index (χ0v) is 13.5. The zero-order chi connectivity index (χ0) is 15.4. The third kappa shape index (κ3) is 3.97. The van der Waals surface area contributed by atoms with Crippen molar-refractivity contribution in [1.29, 1.82) is 0 Å². The standard InChI is InChI=1S/C17H26N2O2/c1-5-21-16-8-6-15(7-9-16)11-18(4)12-19-14(3)13(2)10-17(19)20/h6-9,13-14H,5,10-12H2,1-4H3/t13-,14+/m0/s1. The van der Waals surface area contributed by atoms with Crippen molar-refractivity contribution in [3.63, 3.8) is 0 Å². The van der Waals surface area contributed by atoms with Crippen molar-refractivity contribution in [2.24, 2.45) is 5.92 Å². The Kier molecular flexibility index (Phi) is 5.23. The topological polar surface area (TPSA) is 32.8 Å². The maximum Gasteiger partial charge on any atom is 0.224 e. The van der Waals surface area contributed by atoms with Crippen LogP contribution in [0.2, 0.25) is 0 Å². The van der Waals surface area contributed by atoms with Gasteiger partial charge in [0.05, 0.1) is 13.3 Å². The highest BCUT2D eigenvalue weighted by atomic mass is 16.5. The van der Waals surface area contributed by atoms with E-state index in [1.54, 1.807) is 0 Å². The highest BCUT2D eigenvalue weighted by Crippen LogP contribution is 2.24. The predicted octanol–water partition coefficient (Wildman–Crippen LogP) is 2.73. The molecule has 0 N–H and O–H groups in total. The summed E-state index contributed by atoms with van der Waals surface area (Å²) in [6.07, 6.45) is 0.679. The molecule has 1 aromatic rings. The lowest BCUT2D eigenvalue weighted by Gasteiger charge is -2.29. The van der Waals surface area contributed by atoms with Gasteiger partial charge in [-0.05, 0) is 44.5 Å². The van der Waals surface area contributed by atoms with Gasteiger partial charge in [-0.3, -0.25) is 9.69 Å². The summed E-state index contributed by atoms with van der Waals surface area (Å²) in [5.74, 6) is 1.63. The van der Waals surface area contributed by atoms with Crippen molar-refractivity contribution < 1.29 is 9.53 Å². The van der Waals surface area contributed by atoms with E-state index < -0.39 is 0 Å². The highest BCUT2D eigenvalue weighted by Gasteiger charge is 2.34. The quantitative estimate of drug-likeness (QED) is 0.807. The number of ether oxygens (including phenoxy) is 1. The average Bonchev–Trinajstić information content (AvgIpc) is 2.68. The van der Waals surface area contributed by atoms with Gasteiger partial charge in [-0.25, -0.2) is 0 Å². The van der Waals surface area contributed by atoms with Crippen molar-refractivity contribution in [2.45, 2.75) is 39.8 Å². The Morgan fingerprint density at radius 2 is 1.95 bits per heavy atom. The molecule has 0 unspecified atom stereocenters. The van der Waals surface area contributed by atoms with Gasteiger partial charge in [0.1, 0.15) is 5.75 Å². The molecule has 0 aliphatic carbocycles. The molecule has 2 atom stereocenters. The van der Waals surface area contributed by atoms with E-state index in [4.69, 9.17) is 4.74 Å². The second-order valence-electron chi connectivity index (χ2n) is 6.02. The third-order valence-corrected chi connectivity index (χ3v) is 4.21. The Morgan fingerprint density at radius 3 is 2.48 bits per heavy atom. The molecular formula is C17H26N2O2. The lowest BCUT2D eigenvalue weighted by atomic mass is 10.1. The highest BCUT2D eigenvalue weighted by molar-refractivity contribution is 5.79. The Bertz CT molecular complexity index is 472. The Morgan fingerprint density at radius 1 is 1.29 bits per heavy atom. The van der Waals surface area contributed by atoms with Crippen LogP contribution in [0.4, 0.5) is 0 Å². The number of hydrogen-bond donors (Lipinski definition) is 0. The van der Waals surface area contributed by atoms with E-state index in [1.807, 2.05) is 24.0 Å². The van der Waals surface area contributed by atoms with Crippen LogP contribution in [0.25, 0.3) is 0 Å². The fraction of sp³-hybridized carbons (Fsp3) is 0.588. The van der Waals surface area contributed by atoms with Crippen molar-refractivity contribution in [3.05, 3.63) is 29.8 Å². The molecule has 21 heavy (non-hydrogen) atoms. The summed E-state index contributed by atoms with van der Waals surface area (Å²) in [6.45, 7) is 8.48. The van der Waals surface area contributed by atoms with Gasteiger partial charge >= 0.3 is 0 Å². The van der Waals surface area contributed by atoms with Crippen molar-refractivity contribution in [1.82, 2.24) is 9.80 Å². The average molecular weight is 290 g/mol. The number of carbonyl (C=O) groups excluding carboxylic acids is 1. The van der Waals surface area contributed by atoms with Gasteiger partial charge in [-0.1, -0.05) is 19.1 Å². The minimum atomic E-state index is 0.272. The van der Waals surface area contributed by atoms with Crippen LogP contribution in [0.1, 0.15) is 32.8 Å². The molecule has 2 rings (SSSR count). The summed E-state index contributed by atoms with van der Waals surface area (Å²) in [5.41, 5.74) is 1.23. The van der Waals surface area contributed by atoms with E-state index >= 15 is 0 Å². The fourth-order valence-corrected chi connectivity index (χ4v) is 2.78. The van der Waals surface area contributed by atoms with Crippen LogP contribution in [0.5, 0.6) is 5.75 Å². The fourth-order valence-electron chi connectivity index (χ4n) is 2.78. The number of amides is 1. The summed E-state index contributed by atoms with van der Waals surface area (Å²) < 4.78 is 5.45. The van der Waals surface area contributed by atoms with E-state index in [0.717, 1.165) is 12.3 Å². The Labute approximate surface area is 127 Å². The maximum absolute atomic E-state index is 12.0. The number of rotatable bonds is 6. The predicted molar refractivity (Wildman–Crippen MR) is 84.0 cm³/mol. The van der Waals surface area contributed by atoms with Crippen LogP contribution in [0.3, 0.4) is 0 Å². The number of likely N-dealkylation sites (tertiary alicyclic amines) is 1. The van der Waals surface area contributed by atoms with Gasteiger partial charge in [0.25, 0.3) is 0 Å². The molecule has 1 saturated heterocycles. The monoisotopic (exact) mass is 290 g/mol. The van der Waals surface area contributed by atoms with Gasteiger partial charge in [-0.15, -0.1) is 0 Å². The molecule has 1 heterocycles. The number of carbonyl (C=O) groups is 1. The Balaban J connectivity index is 1.89. The van der Waals surface area contributed by atoms with Crippen molar-refractivity contribution >= 4 is 5.91 Å². The molecule has 1 aliphatic rings. The Hall–Kier alpha value is -1.55. The molecule has 0 bridgehead atoms. The van der Waals surface area contributed by atoms with Crippen LogP contribution in [0, 0.1) is 5.92 Å². The summed E-state index contributed by atoms with van der Waals surface area (Å²) >= 11 is 0. The van der Waals surface area contributed by atoms with Gasteiger partial charge in [0.15, 0.2) is 0 Å². The first-order valence-corrected chi connectivity index (χ1v) is 7.71. The smallest absolute Gasteiger partial charge is 0.224 e. The maximum atomic E-state index is 12.0. The van der Waals surface area contributed by atoms with E-state index in [2.05, 4.69) is 37.9 Å². The van der Waals surface area contributed by atoms with Crippen molar-refractivity contribution in [3.8, 4) is 5.75 Å². The van der Waals surface area contributed by atoms with Gasteiger partial charge in [-0.2, -0.15) is 0 Å². The minimum Gasteiger partial charge on any atom is -0.494 e. The van der Waals surface area contributed by atoms with Crippen LogP contribution < -0.4 is 4.74 Å². The lowest BCUT2D eigenvalue weighted by Crippen LogP contribution is -2.40. The lowest BCUT2D eigenvalue weighted by molar-refractivity contribution is -0.130. The molecule has 1 aromatic carbocycles. The van der Waals surface area contributed by atoms with Crippen LogP contribution in [-0.4, -0.2) is 42.1 Å². The second kappa shape index (κ2) is 6.94.